The maximum Gasteiger partial charge on any atom is 0.218 e. The number of fused-ring (bicyclic) bond motifs is 1. The van der Waals surface area contributed by atoms with E-state index in [4.69, 9.17) is 9.47 Å². The molecule has 7 nitrogen and oxygen atoms in total. The molecular weight excluding hydrogens is 306 g/mol. The van der Waals surface area contributed by atoms with Gasteiger partial charge in [-0.05, 0) is 18.8 Å². The van der Waals surface area contributed by atoms with E-state index in [2.05, 4.69) is 24.4 Å². The van der Waals surface area contributed by atoms with Gasteiger partial charge in [-0.2, -0.15) is 0 Å². The molecule has 24 heavy (non-hydrogen) atoms. The lowest BCUT2D eigenvalue weighted by Gasteiger charge is -2.33. The van der Waals surface area contributed by atoms with Crippen LogP contribution in [0.2, 0.25) is 0 Å². The molecular formula is C17H23N5O2. The molecule has 1 unspecified atom stereocenters. The van der Waals surface area contributed by atoms with Crippen molar-refractivity contribution in [1.29, 1.82) is 0 Å². The molecule has 0 aromatic carbocycles. The zero-order valence-corrected chi connectivity index (χ0v) is 14.2. The van der Waals surface area contributed by atoms with Crippen LogP contribution in [-0.4, -0.2) is 46.9 Å². The zero-order valence-electron chi connectivity index (χ0n) is 14.2. The van der Waals surface area contributed by atoms with E-state index >= 15 is 0 Å². The predicted octanol–water partition coefficient (Wildman–Crippen LogP) is 1.84. The van der Waals surface area contributed by atoms with Gasteiger partial charge in [-0.15, -0.1) is 0 Å². The lowest BCUT2D eigenvalue weighted by molar-refractivity contribution is 0.175. The van der Waals surface area contributed by atoms with E-state index in [9.17, 15) is 0 Å². The summed E-state index contributed by atoms with van der Waals surface area (Å²) in [5.74, 6) is 2.57. The van der Waals surface area contributed by atoms with Crippen LogP contribution in [0.25, 0.3) is 0 Å². The maximum atomic E-state index is 5.49. The van der Waals surface area contributed by atoms with E-state index in [1.807, 2.05) is 12.4 Å². The fourth-order valence-electron chi connectivity index (χ4n) is 3.47. The summed E-state index contributed by atoms with van der Waals surface area (Å²) in [7, 11) is 3.38. The lowest BCUT2D eigenvalue weighted by Crippen LogP contribution is -2.37. The highest BCUT2D eigenvalue weighted by atomic mass is 16.5. The number of ether oxygens (including phenoxy) is 2. The van der Waals surface area contributed by atoms with E-state index in [-0.39, 0.29) is 0 Å². The van der Waals surface area contributed by atoms with Gasteiger partial charge in [-0.1, -0.05) is 0 Å². The second kappa shape index (κ2) is 6.39. The van der Waals surface area contributed by atoms with Crippen molar-refractivity contribution in [3.8, 4) is 5.88 Å². The molecule has 0 bridgehead atoms. The van der Waals surface area contributed by atoms with Crippen LogP contribution in [0.15, 0.2) is 18.7 Å². The molecule has 1 aliphatic carbocycles. The number of imidazole rings is 1. The summed E-state index contributed by atoms with van der Waals surface area (Å²) in [5.41, 5.74) is 2.46. The van der Waals surface area contributed by atoms with Crippen molar-refractivity contribution in [3.05, 3.63) is 30.1 Å². The van der Waals surface area contributed by atoms with Gasteiger partial charge in [0.2, 0.25) is 5.88 Å². The largest absolute Gasteiger partial charge is 0.481 e. The maximum absolute atomic E-state index is 5.49. The van der Waals surface area contributed by atoms with Gasteiger partial charge in [0.15, 0.2) is 0 Å². The number of hydrogen-bond acceptors (Lipinski definition) is 6. The Morgan fingerprint density at radius 1 is 1.21 bits per heavy atom. The van der Waals surface area contributed by atoms with Crippen LogP contribution in [-0.2, 0) is 17.8 Å². The Bertz CT molecular complexity index is 713. The third kappa shape index (κ3) is 2.96. The van der Waals surface area contributed by atoms with Crippen LogP contribution in [0, 0.1) is 5.92 Å². The first-order chi connectivity index (χ1) is 11.8. The molecule has 128 valence electrons. The first-order valence-corrected chi connectivity index (χ1v) is 8.42. The van der Waals surface area contributed by atoms with Gasteiger partial charge in [-0.25, -0.2) is 15.0 Å². The summed E-state index contributed by atoms with van der Waals surface area (Å²) >= 11 is 0. The Morgan fingerprint density at radius 2 is 2.08 bits per heavy atom. The van der Waals surface area contributed by atoms with Crippen LogP contribution in [0.3, 0.4) is 0 Å². The number of nitrogens with zero attached hydrogens (tertiary/aromatic N) is 5. The summed E-state index contributed by atoms with van der Waals surface area (Å²) in [6.45, 7) is 3.39. The van der Waals surface area contributed by atoms with Crippen molar-refractivity contribution >= 4 is 5.82 Å². The number of anilines is 1. The molecule has 0 radical (unpaired) electrons. The molecule has 7 heteroatoms. The number of methoxy groups -OCH3 is 2. The Morgan fingerprint density at radius 3 is 2.83 bits per heavy atom. The monoisotopic (exact) mass is 329 g/mol. The number of rotatable bonds is 6. The Balaban J connectivity index is 1.62. The molecule has 3 heterocycles. The average Bonchev–Trinajstić information content (AvgIpc) is 3.34. The molecule has 1 fully saturated rings. The molecule has 2 aliphatic rings. The highest BCUT2D eigenvalue weighted by Gasteiger charge is 2.32. The normalized spacial score (nSPS) is 20.1. The van der Waals surface area contributed by atoms with E-state index in [1.165, 1.54) is 18.5 Å². The van der Waals surface area contributed by atoms with Gasteiger partial charge in [0.25, 0.3) is 0 Å². The summed E-state index contributed by atoms with van der Waals surface area (Å²) in [6, 6.07) is 1.87. The first-order valence-electron chi connectivity index (χ1n) is 8.42. The SMILES string of the molecule is COCC1CN(c2cc(OC)ncn2)Cc2ncn(CC3CC3)c21. The van der Waals surface area contributed by atoms with Gasteiger partial charge in [0.1, 0.15) is 12.1 Å². The van der Waals surface area contributed by atoms with Gasteiger partial charge < -0.3 is 18.9 Å². The summed E-state index contributed by atoms with van der Waals surface area (Å²) in [5, 5.41) is 0. The average molecular weight is 329 g/mol. The fourth-order valence-corrected chi connectivity index (χ4v) is 3.47. The van der Waals surface area contributed by atoms with Crippen LogP contribution < -0.4 is 9.64 Å². The van der Waals surface area contributed by atoms with Gasteiger partial charge in [0, 0.05) is 37.9 Å². The van der Waals surface area contributed by atoms with Crippen molar-refractivity contribution in [2.75, 3.05) is 32.3 Å². The third-order valence-corrected chi connectivity index (χ3v) is 4.81. The summed E-state index contributed by atoms with van der Waals surface area (Å²) in [4.78, 5) is 15.4. The molecule has 0 amide bonds. The van der Waals surface area contributed by atoms with Gasteiger partial charge in [0.05, 0.1) is 32.3 Å². The molecule has 0 saturated heterocycles. The molecule has 1 aliphatic heterocycles. The molecule has 0 N–H and O–H groups in total. The lowest BCUT2D eigenvalue weighted by atomic mass is 9.98. The third-order valence-electron chi connectivity index (χ3n) is 4.81. The zero-order chi connectivity index (χ0) is 16.5. The Kier molecular flexibility index (Phi) is 4.10. The second-order valence-electron chi connectivity index (χ2n) is 6.62. The van der Waals surface area contributed by atoms with Crippen LogP contribution in [0.5, 0.6) is 5.88 Å². The predicted molar refractivity (Wildman–Crippen MR) is 89.2 cm³/mol. The minimum absolute atomic E-state index is 0.293. The number of hydrogen-bond donors (Lipinski definition) is 0. The van der Waals surface area contributed by atoms with Crippen LogP contribution >= 0.6 is 0 Å². The molecule has 2 aromatic rings. The van der Waals surface area contributed by atoms with E-state index < -0.39 is 0 Å². The minimum Gasteiger partial charge on any atom is -0.481 e. The fraction of sp³-hybridized carbons (Fsp3) is 0.588. The molecule has 2 aromatic heterocycles. The molecule has 1 saturated carbocycles. The topological polar surface area (TPSA) is 65.3 Å². The van der Waals surface area contributed by atoms with Crippen molar-refractivity contribution in [2.45, 2.75) is 31.8 Å². The van der Waals surface area contributed by atoms with Crippen molar-refractivity contribution < 1.29 is 9.47 Å². The van der Waals surface area contributed by atoms with Gasteiger partial charge >= 0.3 is 0 Å². The number of aromatic nitrogens is 4. The van der Waals surface area contributed by atoms with Crippen molar-refractivity contribution in [2.24, 2.45) is 5.92 Å². The Hall–Kier alpha value is -2.15. The minimum atomic E-state index is 0.293. The first kappa shape index (κ1) is 15.4. The summed E-state index contributed by atoms with van der Waals surface area (Å²) < 4.78 is 13.1. The van der Waals surface area contributed by atoms with Crippen molar-refractivity contribution in [1.82, 2.24) is 19.5 Å². The second-order valence-corrected chi connectivity index (χ2v) is 6.62. The molecule has 4 rings (SSSR count). The van der Waals surface area contributed by atoms with E-state index in [0.717, 1.165) is 37.1 Å². The smallest absolute Gasteiger partial charge is 0.218 e. The van der Waals surface area contributed by atoms with E-state index in [0.29, 0.717) is 18.4 Å². The van der Waals surface area contributed by atoms with Gasteiger partial charge in [-0.3, -0.25) is 0 Å². The molecule has 1 atom stereocenters. The Labute approximate surface area is 141 Å². The standard InChI is InChI=1S/C17H23N5O2/c1-23-9-13-7-21(15-5-16(24-2)19-10-18-15)8-14-17(13)22(11-20-14)6-12-3-4-12/h5,10-13H,3-4,6-9H2,1-2H3. The van der Waals surface area contributed by atoms with Crippen molar-refractivity contribution in [3.63, 3.8) is 0 Å². The van der Waals surface area contributed by atoms with Crippen LogP contribution in [0.1, 0.15) is 30.1 Å². The quantitative estimate of drug-likeness (QED) is 0.806. The highest BCUT2D eigenvalue weighted by Crippen LogP contribution is 2.35. The highest BCUT2D eigenvalue weighted by molar-refractivity contribution is 5.44. The molecule has 0 spiro atoms. The summed E-state index contributed by atoms with van der Waals surface area (Å²) in [6.07, 6.45) is 6.22. The van der Waals surface area contributed by atoms with Crippen LogP contribution in [0.4, 0.5) is 5.82 Å². The van der Waals surface area contributed by atoms with E-state index in [1.54, 1.807) is 20.5 Å².